The molecule has 1 aliphatic carbocycles. The summed E-state index contributed by atoms with van der Waals surface area (Å²) in [7, 11) is 0. The maximum atomic E-state index is 12.1. The van der Waals surface area contributed by atoms with E-state index in [1.165, 1.54) is 11.3 Å². The molecule has 6 heteroatoms. The smallest absolute Gasteiger partial charge is 0.315 e. The summed E-state index contributed by atoms with van der Waals surface area (Å²) in [5, 5.41) is 19.6. The van der Waals surface area contributed by atoms with Crippen molar-refractivity contribution in [2.45, 2.75) is 44.9 Å². The zero-order valence-corrected chi connectivity index (χ0v) is 13.9. The van der Waals surface area contributed by atoms with Crippen molar-refractivity contribution in [3.05, 3.63) is 22.4 Å². The summed E-state index contributed by atoms with van der Waals surface area (Å²) in [6, 6.07) is 1.79. The van der Waals surface area contributed by atoms with Crippen LogP contribution in [0.15, 0.2) is 16.8 Å². The molecule has 0 unspecified atom stereocenters. The van der Waals surface area contributed by atoms with Gasteiger partial charge in [0.15, 0.2) is 0 Å². The number of urea groups is 1. The van der Waals surface area contributed by atoms with Gasteiger partial charge in [0.2, 0.25) is 0 Å². The highest BCUT2D eigenvalue weighted by Crippen LogP contribution is 2.51. The number of thiophene rings is 1. The Balaban J connectivity index is 1.49. The fourth-order valence-electron chi connectivity index (χ4n) is 3.78. The lowest BCUT2D eigenvalue weighted by molar-refractivity contribution is -0.189. The number of hydrogen-bond acceptors (Lipinski definition) is 4. The summed E-state index contributed by atoms with van der Waals surface area (Å²) in [6.45, 7) is 5.34. The standard InChI is InChI=1S/C16H24N2O3S/c1-16(2)13(11-4-3-6-21-14(11)16)18-15(20)17-8-12(19)10-5-7-22-9-10/h5,7,9,11-14,19H,3-4,6,8H2,1-2H3,(H2,17,18,20)/t11-,12+,13-,14+/m1/s1. The van der Waals surface area contributed by atoms with E-state index >= 15 is 0 Å². The molecule has 0 spiro atoms. The van der Waals surface area contributed by atoms with Gasteiger partial charge in [0.25, 0.3) is 0 Å². The van der Waals surface area contributed by atoms with Crippen molar-refractivity contribution < 1.29 is 14.6 Å². The highest BCUT2D eigenvalue weighted by atomic mass is 32.1. The van der Waals surface area contributed by atoms with E-state index in [1.54, 1.807) is 0 Å². The second kappa shape index (κ2) is 6.18. The summed E-state index contributed by atoms with van der Waals surface area (Å²) in [5.41, 5.74) is 0.809. The average Bonchev–Trinajstić information content (AvgIpc) is 3.04. The van der Waals surface area contributed by atoms with Gasteiger partial charge in [0.05, 0.1) is 12.2 Å². The van der Waals surface area contributed by atoms with E-state index in [0.29, 0.717) is 5.92 Å². The van der Waals surface area contributed by atoms with E-state index in [2.05, 4.69) is 24.5 Å². The van der Waals surface area contributed by atoms with Crippen LogP contribution in [0.3, 0.4) is 0 Å². The molecule has 2 heterocycles. The van der Waals surface area contributed by atoms with Gasteiger partial charge < -0.3 is 20.5 Å². The second-order valence-electron chi connectivity index (χ2n) is 6.82. The summed E-state index contributed by atoms with van der Waals surface area (Å²) in [4.78, 5) is 12.1. The minimum absolute atomic E-state index is 0.0333. The van der Waals surface area contributed by atoms with Crippen molar-refractivity contribution in [3.8, 4) is 0 Å². The first kappa shape index (κ1) is 15.8. The zero-order valence-electron chi connectivity index (χ0n) is 13.0. The quantitative estimate of drug-likeness (QED) is 0.796. The van der Waals surface area contributed by atoms with Gasteiger partial charge in [-0.3, -0.25) is 0 Å². The lowest BCUT2D eigenvalue weighted by atomic mass is 9.55. The first-order valence-corrected chi connectivity index (χ1v) is 8.80. The van der Waals surface area contributed by atoms with Crippen LogP contribution in [0.4, 0.5) is 4.79 Å². The van der Waals surface area contributed by atoms with Crippen LogP contribution in [0, 0.1) is 11.3 Å². The molecule has 1 aromatic rings. The Hall–Kier alpha value is -1.11. The number of amides is 2. The Kier molecular flexibility index (Phi) is 4.43. The molecule has 4 atom stereocenters. The molecule has 3 rings (SSSR count). The first-order chi connectivity index (χ1) is 10.5. The number of fused-ring (bicyclic) bond motifs is 1. The van der Waals surface area contributed by atoms with E-state index < -0.39 is 6.10 Å². The van der Waals surface area contributed by atoms with Crippen molar-refractivity contribution in [1.29, 1.82) is 0 Å². The molecule has 2 amide bonds. The second-order valence-corrected chi connectivity index (χ2v) is 7.60. The SMILES string of the molecule is CC1(C)[C@H](NC(=O)NC[C@H](O)c2ccsc2)[C@H]2CCCO[C@@H]21. The van der Waals surface area contributed by atoms with Crippen molar-refractivity contribution >= 4 is 17.4 Å². The molecule has 22 heavy (non-hydrogen) atoms. The van der Waals surface area contributed by atoms with Crippen LogP contribution in [-0.2, 0) is 4.74 Å². The number of nitrogens with one attached hydrogen (secondary N) is 2. The van der Waals surface area contributed by atoms with Crippen LogP contribution >= 0.6 is 11.3 Å². The van der Waals surface area contributed by atoms with Gasteiger partial charge in [-0.05, 0) is 35.2 Å². The van der Waals surface area contributed by atoms with Crippen molar-refractivity contribution in [1.82, 2.24) is 10.6 Å². The van der Waals surface area contributed by atoms with E-state index in [0.717, 1.165) is 25.0 Å². The molecular formula is C16H24N2O3S. The van der Waals surface area contributed by atoms with Crippen LogP contribution in [-0.4, -0.2) is 36.4 Å². The molecule has 1 aromatic heterocycles. The van der Waals surface area contributed by atoms with E-state index in [-0.39, 0.29) is 30.1 Å². The minimum Gasteiger partial charge on any atom is -0.387 e. The topological polar surface area (TPSA) is 70.6 Å². The third-order valence-electron chi connectivity index (χ3n) is 5.00. The minimum atomic E-state index is -0.655. The number of carbonyl (C=O) groups is 1. The maximum Gasteiger partial charge on any atom is 0.315 e. The zero-order chi connectivity index (χ0) is 15.7. The number of aliphatic hydroxyl groups is 1. The predicted octanol–water partition coefficient (Wildman–Crippen LogP) is 2.28. The Bertz CT molecular complexity index is 517. The maximum absolute atomic E-state index is 12.1. The van der Waals surface area contributed by atoms with E-state index in [1.807, 2.05) is 16.8 Å². The number of ether oxygens (including phenoxy) is 1. The predicted molar refractivity (Wildman–Crippen MR) is 85.8 cm³/mol. The Morgan fingerprint density at radius 1 is 1.59 bits per heavy atom. The van der Waals surface area contributed by atoms with Crippen LogP contribution in [0.25, 0.3) is 0 Å². The van der Waals surface area contributed by atoms with Crippen LogP contribution in [0.5, 0.6) is 0 Å². The fraction of sp³-hybridized carbons (Fsp3) is 0.688. The third-order valence-corrected chi connectivity index (χ3v) is 5.70. The highest BCUT2D eigenvalue weighted by molar-refractivity contribution is 7.07. The average molecular weight is 324 g/mol. The van der Waals surface area contributed by atoms with Crippen molar-refractivity contribution in [3.63, 3.8) is 0 Å². The van der Waals surface area contributed by atoms with E-state index in [4.69, 9.17) is 4.74 Å². The summed E-state index contributed by atoms with van der Waals surface area (Å²) in [6.07, 6.45) is 1.77. The van der Waals surface area contributed by atoms with Gasteiger partial charge >= 0.3 is 6.03 Å². The Morgan fingerprint density at radius 3 is 3.14 bits per heavy atom. The number of hydrogen-bond donors (Lipinski definition) is 3. The molecule has 2 aliphatic rings. The van der Waals surface area contributed by atoms with Crippen LogP contribution < -0.4 is 10.6 Å². The van der Waals surface area contributed by atoms with Gasteiger partial charge in [-0.2, -0.15) is 11.3 Å². The normalized spacial score (nSPS) is 30.8. The van der Waals surface area contributed by atoms with Gasteiger partial charge in [0, 0.05) is 30.5 Å². The molecule has 122 valence electrons. The van der Waals surface area contributed by atoms with Crippen molar-refractivity contribution in [2.24, 2.45) is 11.3 Å². The highest BCUT2D eigenvalue weighted by Gasteiger charge is 2.58. The molecule has 3 N–H and O–H groups in total. The molecule has 1 aliphatic heterocycles. The molecule has 2 fully saturated rings. The van der Waals surface area contributed by atoms with Gasteiger partial charge in [-0.1, -0.05) is 13.8 Å². The molecule has 0 bridgehead atoms. The summed E-state index contributed by atoms with van der Waals surface area (Å²) in [5.74, 6) is 0.413. The Labute approximate surface area is 135 Å². The molecule has 5 nitrogen and oxygen atoms in total. The monoisotopic (exact) mass is 324 g/mol. The first-order valence-electron chi connectivity index (χ1n) is 7.86. The van der Waals surface area contributed by atoms with Gasteiger partial charge in [0.1, 0.15) is 0 Å². The molecule has 0 radical (unpaired) electrons. The fourth-order valence-corrected chi connectivity index (χ4v) is 4.49. The largest absolute Gasteiger partial charge is 0.387 e. The third kappa shape index (κ3) is 2.87. The lowest BCUT2D eigenvalue weighted by Crippen LogP contribution is -2.70. The number of carbonyl (C=O) groups excluding carboxylic acids is 1. The van der Waals surface area contributed by atoms with Gasteiger partial charge in [-0.25, -0.2) is 4.79 Å². The lowest BCUT2D eigenvalue weighted by Gasteiger charge is -2.59. The summed E-state index contributed by atoms with van der Waals surface area (Å²) >= 11 is 1.54. The number of aliphatic hydroxyl groups excluding tert-OH is 1. The summed E-state index contributed by atoms with van der Waals surface area (Å²) < 4.78 is 5.84. The van der Waals surface area contributed by atoms with Crippen LogP contribution in [0.2, 0.25) is 0 Å². The van der Waals surface area contributed by atoms with Crippen molar-refractivity contribution in [2.75, 3.05) is 13.2 Å². The van der Waals surface area contributed by atoms with Gasteiger partial charge in [-0.15, -0.1) is 0 Å². The van der Waals surface area contributed by atoms with Crippen LogP contribution in [0.1, 0.15) is 38.4 Å². The molecular weight excluding hydrogens is 300 g/mol. The molecule has 1 saturated carbocycles. The Morgan fingerprint density at radius 2 is 2.41 bits per heavy atom. The molecule has 1 saturated heterocycles. The van der Waals surface area contributed by atoms with E-state index in [9.17, 15) is 9.90 Å². The number of rotatable bonds is 4. The molecule has 0 aromatic carbocycles.